The first-order valence-electron chi connectivity index (χ1n) is 33.0. The van der Waals surface area contributed by atoms with Crippen LogP contribution >= 0.6 is 0 Å². The Hall–Kier alpha value is -4.19. The third kappa shape index (κ3) is 64.5. The summed E-state index contributed by atoms with van der Waals surface area (Å²) >= 11 is 0. The average molecular weight is 1100 g/mol. The van der Waals surface area contributed by atoms with Gasteiger partial charge in [0, 0.05) is 19.3 Å². The molecule has 0 bridgehead atoms. The van der Waals surface area contributed by atoms with Gasteiger partial charge in [-0.1, -0.05) is 296 Å². The van der Waals surface area contributed by atoms with E-state index in [0.717, 1.165) is 122 Å². The van der Waals surface area contributed by atoms with E-state index in [-0.39, 0.29) is 31.1 Å². The van der Waals surface area contributed by atoms with E-state index >= 15 is 0 Å². The van der Waals surface area contributed by atoms with E-state index < -0.39 is 6.10 Å². The number of hydrogen-bond acceptors (Lipinski definition) is 6. The summed E-state index contributed by atoms with van der Waals surface area (Å²) in [7, 11) is 0. The van der Waals surface area contributed by atoms with Crippen LogP contribution in [0.4, 0.5) is 0 Å². The monoisotopic (exact) mass is 1090 g/mol. The second-order valence-corrected chi connectivity index (χ2v) is 21.6. The van der Waals surface area contributed by atoms with Gasteiger partial charge < -0.3 is 14.2 Å². The van der Waals surface area contributed by atoms with Gasteiger partial charge in [0.2, 0.25) is 0 Å². The zero-order chi connectivity index (χ0) is 57.1. The van der Waals surface area contributed by atoms with Crippen LogP contribution in [-0.2, 0) is 28.6 Å². The molecule has 0 rings (SSSR count). The van der Waals surface area contributed by atoms with Crippen molar-refractivity contribution in [1.29, 1.82) is 0 Å². The summed E-state index contributed by atoms with van der Waals surface area (Å²) < 4.78 is 16.9. The molecule has 0 N–H and O–H groups in total. The van der Waals surface area contributed by atoms with Gasteiger partial charge in [-0.2, -0.15) is 0 Å². The maximum absolute atomic E-state index is 12.9. The number of unbranched alkanes of at least 4 members (excludes halogenated alkanes) is 28. The van der Waals surface area contributed by atoms with Gasteiger partial charge >= 0.3 is 17.9 Å². The molecule has 0 radical (unpaired) electrons. The molecule has 1 unspecified atom stereocenters. The van der Waals surface area contributed by atoms with Crippen molar-refractivity contribution in [2.24, 2.45) is 0 Å². The largest absolute Gasteiger partial charge is 0.462 e. The highest BCUT2D eigenvalue weighted by Gasteiger charge is 2.19. The molecule has 0 saturated carbocycles. The summed E-state index contributed by atoms with van der Waals surface area (Å²) in [6, 6.07) is 0. The van der Waals surface area contributed by atoms with Crippen LogP contribution in [0.1, 0.15) is 303 Å². The average Bonchev–Trinajstić information content (AvgIpc) is 3.45. The Labute approximate surface area is 488 Å². The van der Waals surface area contributed by atoms with Crippen LogP contribution in [0.3, 0.4) is 0 Å². The van der Waals surface area contributed by atoms with E-state index in [4.69, 9.17) is 14.2 Å². The molecule has 6 nitrogen and oxygen atoms in total. The first-order chi connectivity index (χ1) is 39.0. The molecular formula is C73H122O6. The molecule has 0 aromatic heterocycles. The van der Waals surface area contributed by atoms with Crippen LogP contribution < -0.4 is 0 Å². The quantitative estimate of drug-likeness (QED) is 0.0261. The van der Waals surface area contributed by atoms with Crippen LogP contribution in [0.2, 0.25) is 0 Å². The van der Waals surface area contributed by atoms with Crippen molar-refractivity contribution in [3.05, 3.63) is 122 Å². The lowest BCUT2D eigenvalue weighted by Gasteiger charge is -2.18. The predicted molar refractivity (Wildman–Crippen MR) is 343 cm³/mol. The fourth-order valence-electron chi connectivity index (χ4n) is 9.09. The minimum atomic E-state index is -0.781. The van der Waals surface area contributed by atoms with Crippen molar-refractivity contribution >= 4 is 17.9 Å². The highest BCUT2D eigenvalue weighted by atomic mass is 16.6. The molecule has 0 aromatic rings. The molecule has 0 saturated heterocycles. The van der Waals surface area contributed by atoms with E-state index in [1.54, 1.807) is 0 Å². The van der Waals surface area contributed by atoms with E-state index in [9.17, 15) is 14.4 Å². The molecule has 0 heterocycles. The summed E-state index contributed by atoms with van der Waals surface area (Å²) in [6.45, 7) is 6.38. The number of ether oxygens (including phenoxy) is 3. The lowest BCUT2D eigenvalue weighted by atomic mass is 10.0. The van der Waals surface area contributed by atoms with Gasteiger partial charge in [0.25, 0.3) is 0 Å². The SMILES string of the molecule is CC/C=C\C/C=C\C/C=C\C/C=C\C/C=C\CCCCCCCCCCCCCC(=O)OCC(COC(=O)CCCCCCCCC)OC(=O)CCCCCCCCCCCCC/C=C\C/C=C\C/C=C\C/C=C\C/C=C\CC. The molecular weight excluding hydrogens is 973 g/mol. The van der Waals surface area contributed by atoms with Gasteiger partial charge in [-0.05, 0) is 109 Å². The third-order valence-corrected chi connectivity index (χ3v) is 14.0. The highest BCUT2D eigenvalue weighted by Crippen LogP contribution is 2.16. The zero-order valence-corrected chi connectivity index (χ0v) is 51.6. The number of esters is 3. The Morgan fingerprint density at radius 3 is 0.772 bits per heavy atom. The molecule has 0 aliphatic heterocycles. The standard InChI is InChI=1S/C73H122O6/c1-4-7-10-13-16-18-20-22-24-26-28-30-32-34-36-38-40-42-44-46-48-50-52-54-57-60-63-66-72(75)78-69-70(68-77-71(74)65-62-59-56-15-12-9-6-3)79-73(76)67-64-61-58-55-53-51-49-47-45-43-41-39-37-35-33-31-29-27-25-23-21-19-17-14-11-8-5-2/h7-8,10-11,16-19,22-25,28-31,34-37,70H,4-6,9,12-15,20-21,26-27,32-33,38-69H2,1-3H3/b10-7-,11-8-,18-16-,19-17-,24-22-,25-23-,30-28-,31-29-,36-34-,37-35-. The molecule has 450 valence electrons. The number of carbonyl (C=O) groups is 3. The number of carbonyl (C=O) groups excluding carboxylic acids is 3. The number of rotatable bonds is 59. The first kappa shape index (κ1) is 74.8. The molecule has 0 aliphatic carbocycles. The van der Waals surface area contributed by atoms with Gasteiger partial charge in [0.1, 0.15) is 13.2 Å². The van der Waals surface area contributed by atoms with Gasteiger partial charge in [0.05, 0.1) is 0 Å². The molecule has 0 aliphatic rings. The number of hydrogen-bond donors (Lipinski definition) is 0. The minimum absolute atomic E-state index is 0.0796. The Balaban J connectivity index is 4.14. The molecule has 0 amide bonds. The fourth-order valence-corrected chi connectivity index (χ4v) is 9.09. The molecule has 0 fully saturated rings. The van der Waals surface area contributed by atoms with E-state index in [1.807, 2.05) is 0 Å². The highest BCUT2D eigenvalue weighted by molar-refractivity contribution is 5.71. The maximum atomic E-state index is 12.9. The zero-order valence-electron chi connectivity index (χ0n) is 51.6. The van der Waals surface area contributed by atoms with Crippen molar-refractivity contribution in [3.63, 3.8) is 0 Å². The van der Waals surface area contributed by atoms with Crippen LogP contribution in [0.5, 0.6) is 0 Å². The van der Waals surface area contributed by atoms with Gasteiger partial charge in [0.15, 0.2) is 6.10 Å². The Morgan fingerprint density at radius 2 is 0.494 bits per heavy atom. The second-order valence-electron chi connectivity index (χ2n) is 21.6. The van der Waals surface area contributed by atoms with E-state index in [2.05, 4.69) is 142 Å². The summed E-state index contributed by atoms with van der Waals surface area (Å²) in [6.07, 6.45) is 92.3. The summed E-state index contributed by atoms with van der Waals surface area (Å²) in [5, 5.41) is 0. The van der Waals surface area contributed by atoms with Gasteiger partial charge in [-0.3, -0.25) is 14.4 Å². The molecule has 6 heteroatoms. The second kappa shape index (κ2) is 66.3. The van der Waals surface area contributed by atoms with E-state index in [1.165, 1.54) is 141 Å². The summed E-state index contributed by atoms with van der Waals surface area (Å²) in [4.78, 5) is 38.1. The minimum Gasteiger partial charge on any atom is -0.462 e. The Kier molecular flexibility index (Phi) is 62.8. The van der Waals surface area contributed by atoms with Crippen molar-refractivity contribution in [2.75, 3.05) is 13.2 Å². The van der Waals surface area contributed by atoms with Crippen molar-refractivity contribution in [1.82, 2.24) is 0 Å². The lowest BCUT2D eigenvalue weighted by molar-refractivity contribution is -0.167. The van der Waals surface area contributed by atoms with Crippen LogP contribution in [0, 0.1) is 0 Å². The molecule has 79 heavy (non-hydrogen) atoms. The van der Waals surface area contributed by atoms with E-state index in [0.29, 0.717) is 19.3 Å². The smallest absolute Gasteiger partial charge is 0.306 e. The summed E-state index contributed by atoms with van der Waals surface area (Å²) in [5.74, 6) is -0.886. The van der Waals surface area contributed by atoms with Crippen molar-refractivity contribution < 1.29 is 28.6 Å². The third-order valence-electron chi connectivity index (χ3n) is 14.0. The topological polar surface area (TPSA) is 78.9 Å². The molecule has 0 aromatic carbocycles. The molecule has 1 atom stereocenters. The predicted octanol–water partition coefficient (Wildman–Crippen LogP) is 22.8. The van der Waals surface area contributed by atoms with Gasteiger partial charge in [-0.25, -0.2) is 0 Å². The normalized spacial score (nSPS) is 12.9. The maximum Gasteiger partial charge on any atom is 0.306 e. The summed E-state index contributed by atoms with van der Waals surface area (Å²) in [5.41, 5.74) is 0. The fraction of sp³-hybridized carbons (Fsp3) is 0.685. The first-order valence-corrected chi connectivity index (χ1v) is 33.0. The van der Waals surface area contributed by atoms with Crippen molar-refractivity contribution in [2.45, 2.75) is 309 Å². The van der Waals surface area contributed by atoms with Crippen molar-refractivity contribution in [3.8, 4) is 0 Å². The number of allylic oxidation sites excluding steroid dienone is 20. The van der Waals surface area contributed by atoms with Crippen LogP contribution in [0.25, 0.3) is 0 Å². The Bertz CT molecular complexity index is 1640. The van der Waals surface area contributed by atoms with Gasteiger partial charge in [-0.15, -0.1) is 0 Å². The van der Waals surface area contributed by atoms with Crippen LogP contribution in [0.15, 0.2) is 122 Å². The molecule has 0 spiro atoms. The van der Waals surface area contributed by atoms with Crippen LogP contribution in [-0.4, -0.2) is 37.2 Å². The lowest BCUT2D eigenvalue weighted by Crippen LogP contribution is -2.30. The Morgan fingerprint density at radius 1 is 0.266 bits per heavy atom.